The molecule has 1 fully saturated rings. The molecule has 1 N–H and O–H groups in total. The third kappa shape index (κ3) is 4.42. The summed E-state index contributed by atoms with van der Waals surface area (Å²) in [7, 11) is -2.67. The number of nitrogens with one attached hydrogen (secondary N) is 1. The highest BCUT2D eigenvalue weighted by atomic mass is 32.2. The number of carbonyl (C=O) groups excluding carboxylic acids is 1. The first kappa shape index (κ1) is 19.1. The summed E-state index contributed by atoms with van der Waals surface area (Å²) in [6.07, 6.45) is 6.18. The van der Waals surface area contributed by atoms with Gasteiger partial charge in [-0.1, -0.05) is 16.9 Å². The molecule has 24 heavy (non-hydrogen) atoms. The van der Waals surface area contributed by atoms with Crippen LogP contribution < -0.4 is 5.32 Å². The fourth-order valence-corrected chi connectivity index (χ4v) is 5.19. The summed E-state index contributed by atoms with van der Waals surface area (Å²) in [5.74, 6) is 1.28. The SMILES string of the molecule is CCc1ccnc(NC(=O)C(C)(C)[SH](C)(=O)CC2CCOCC2)c1. The number of aromatic nitrogens is 1. The molecule has 0 bridgehead atoms. The molecule has 136 valence electrons. The lowest BCUT2D eigenvalue weighted by Crippen LogP contribution is -2.50. The van der Waals surface area contributed by atoms with Gasteiger partial charge in [0.25, 0.3) is 0 Å². The standard InChI is InChI=1S/C18H30N2O3S/c1-5-14-6-9-19-16(12-14)20-17(21)18(2,3)24(4,22)13-15-7-10-23-11-8-15/h6,9,12,15,24H,5,7-8,10-11,13H2,1-4H3,(H,19,20,21). The monoisotopic (exact) mass is 354 g/mol. The molecule has 1 aliphatic rings. The predicted octanol–water partition coefficient (Wildman–Crippen LogP) is 2.43. The second-order valence-electron chi connectivity index (χ2n) is 7.26. The van der Waals surface area contributed by atoms with Gasteiger partial charge in [0.2, 0.25) is 5.91 Å². The summed E-state index contributed by atoms with van der Waals surface area (Å²) in [6, 6.07) is 3.80. The largest absolute Gasteiger partial charge is 0.381 e. The van der Waals surface area contributed by atoms with Crippen LogP contribution in [0.4, 0.5) is 5.82 Å². The van der Waals surface area contributed by atoms with Gasteiger partial charge in [0, 0.05) is 25.2 Å². The molecule has 0 atom stereocenters. The molecule has 1 aromatic rings. The number of thiol groups is 1. The van der Waals surface area contributed by atoms with Crippen molar-refractivity contribution in [2.75, 3.05) is 30.5 Å². The Morgan fingerprint density at radius 2 is 2.08 bits per heavy atom. The Balaban J connectivity index is 2.08. The molecule has 0 saturated carbocycles. The van der Waals surface area contributed by atoms with Crippen LogP contribution in [0.5, 0.6) is 0 Å². The highest BCUT2D eigenvalue weighted by molar-refractivity contribution is 8.04. The van der Waals surface area contributed by atoms with E-state index in [0.717, 1.165) is 38.0 Å². The van der Waals surface area contributed by atoms with E-state index in [1.165, 1.54) is 0 Å². The molecule has 1 amide bonds. The minimum Gasteiger partial charge on any atom is -0.381 e. The number of aryl methyl sites for hydroxylation is 1. The molecule has 1 aromatic heterocycles. The number of ether oxygens (including phenoxy) is 1. The van der Waals surface area contributed by atoms with Gasteiger partial charge >= 0.3 is 0 Å². The van der Waals surface area contributed by atoms with Crippen molar-refractivity contribution >= 4 is 21.7 Å². The number of pyridine rings is 1. The van der Waals surface area contributed by atoms with Gasteiger partial charge in [0.15, 0.2) is 0 Å². The average molecular weight is 355 g/mol. The van der Waals surface area contributed by atoms with Crippen molar-refractivity contribution in [3.8, 4) is 0 Å². The molecule has 1 aliphatic heterocycles. The molecule has 2 heterocycles. The van der Waals surface area contributed by atoms with Gasteiger partial charge in [0.05, 0.1) is 4.75 Å². The predicted molar refractivity (Wildman–Crippen MR) is 100 cm³/mol. The van der Waals surface area contributed by atoms with Crippen LogP contribution in [0.3, 0.4) is 0 Å². The Hall–Kier alpha value is -1.27. The number of hydrogen-bond donors (Lipinski definition) is 2. The molecular formula is C18H30N2O3S. The fourth-order valence-electron chi connectivity index (χ4n) is 2.90. The van der Waals surface area contributed by atoms with Crippen molar-refractivity contribution in [3.05, 3.63) is 23.9 Å². The second kappa shape index (κ2) is 7.74. The van der Waals surface area contributed by atoms with E-state index in [1.54, 1.807) is 26.3 Å². The number of amides is 1. The van der Waals surface area contributed by atoms with Crippen molar-refractivity contribution < 1.29 is 13.7 Å². The molecule has 0 radical (unpaired) electrons. The van der Waals surface area contributed by atoms with Crippen LogP contribution in [-0.2, 0) is 25.9 Å². The van der Waals surface area contributed by atoms with Crippen molar-refractivity contribution in [1.29, 1.82) is 0 Å². The second-order valence-corrected chi connectivity index (χ2v) is 10.9. The highest BCUT2D eigenvalue weighted by Crippen LogP contribution is 2.29. The van der Waals surface area contributed by atoms with E-state index in [9.17, 15) is 9.00 Å². The van der Waals surface area contributed by atoms with E-state index in [0.29, 0.717) is 17.5 Å². The lowest BCUT2D eigenvalue weighted by atomic mass is 10.0. The number of rotatable bonds is 6. The van der Waals surface area contributed by atoms with E-state index >= 15 is 0 Å². The van der Waals surface area contributed by atoms with Crippen LogP contribution in [0.15, 0.2) is 18.3 Å². The van der Waals surface area contributed by atoms with Gasteiger partial charge < -0.3 is 10.1 Å². The maximum atomic E-state index is 13.3. The first-order chi connectivity index (χ1) is 11.3. The summed E-state index contributed by atoms with van der Waals surface area (Å²) in [5.41, 5.74) is 1.11. The summed E-state index contributed by atoms with van der Waals surface area (Å²) >= 11 is 0. The molecule has 0 unspecified atom stereocenters. The summed E-state index contributed by atoms with van der Waals surface area (Å²) < 4.78 is 17.8. The molecule has 6 heteroatoms. The van der Waals surface area contributed by atoms with Crippen LogP contribution in [0.2, 0.25) is 0 Å². The van der Waals surface area contributed by atoms with E-state index in [1.807, 2.05) is 12.1 Å². The number of carbonyl (C=O) groups is 1. The van der Waals surface area contributed by atoms with Gasteiger partial charge in [-0.15, -0.1) is 0 Å². The fraction of sp³-hybridized carbons (Fsp3) is 0.667. The molecule has 0 spiro atoms. The first-order valence-electron chi connectivity index (χ1n) is 8.67. The molecule has 0 aromatic carbocycles. The van der Waals surface area contributed by atoms with Crippen LogP contribution in [0, 0.1) is 5.92 Å². The Labute approximate surface area is 146 Å². The minimum atomic E-state index is -2.67. The van der Waals surface area contributed by atoms with Crippen LogP contribution in [-0.4, -0.2) is 45.1 Å². The molecule has 0 aliphatic carbocycles. The summed E-state index contributed by atoms with van der Waals surface area (Å²) in [4.78, 5) is 17.0. The van der Waals surface area contributed by atoms with Crippen LogP contribution >= 0.6 is 0 Å². The van der Waals surface area contributed by atoms with Gasteiger partial charge in [-0.3, -0.25) is 9.00 Å². The van der Waals surface area contributed by atoms with Gasteiger partial charge in [-0.25, -0.2) is 4.98 Å². The lowest BCUT2D eigenvalue weighted by molar-refractivity contribution is -0.117. The van der Waals surface area contributed by atoms with Gasteiger partial charge in [0.1, 0.15) is 5.82 Å². The van der Waals surface area contributed by atoms with Crippen molar-refractivity contribution in [2.24, 2.45) is 5.92 Å². The summed E-state index contributed by atoms with van der Waals surface area (Å²) in [5, 5.41) is 2.85. The van der Waals surface area contributed by atoms with Crippen molar-refractivity contribution in [2.45, 2.75) is 44.8 Å². The third-order valence-electron chi connectivity index (χ3n) is 5.16. The van der Waals surface area contributed by atoms with Crippen molar-refractivity contribution in [3.63, 3.8) is 0 Å². The maximum Gasteiger partial charge on any atom is 0.241 e. The van der Waals surface area contributed by atoms with Gasteiger partial charge in [-0.2, -0.15) is 0 Å². The minimum absolute atomic E-state index is 0.221. The molecule has 1 saturated heterocycles. The third-order valence-corrected chi connectivity index (χ3v) is 8.94. The lowest BCUT2D eigenvalue weighted by Gasteiger charge is -2.38. The molecule has 2 rings (SSSR count). The summed E-state index contributed by atoms with van der Waals surface area (Å²) in [6.45, 7) is 7.08. The zero-order chi connectivity index (χ0) is 17.8. The first-order valence-corrected chi connectivity index (χ1v) is 11.0. The normalized spacial score (nSPS) is 17.5. The van der Waals surface area contributed by atoms with E-state index < -0.39 is 14.7 Å². The Morgan fingerprint density at radius 1 is 1.42 bits per heavy atom. The topological polar surface area (TPSA) is 68.3 Å². The van der Waals surface area contributed by atoms with Crippen molar-refractivity contribution in [1.82, 2.24) is 4.98 Å². The number of nitrogens with zero attached hydrogens (tertiary/aromatic N) is 1. The molecule has 5 nitrogen and oxygen atoms in total. The Kier molecular flexibility index (Phi) is 6.15. The Bertz CT molecular complexity index is 624. The smallest absolute Gasteiger partial charge is 0.241 e. The number of anilines is 1. The highest BCUT2D eigenvalue weighted by Gasteiger charge is 2.40. The van der Waals surface area contributed by atoms with Crippen LogP contribution in [0.25, 0.3) is 0 Å². The zero-order valence-electron chi connectivity index (χ0n) is 15.2. The quantitative estimate of drug-likeness (QED) is 0.770. The van der Waals surface area contributed by atoms with E-state index in [2.05, 4.69) is 17.2 Å². The zero-order valence-corrected chi connectivity index (χ0v) is 16.1. The van der Waals surface area contributed by atoms with E-state index in [4.69, 9.17) is 4.74 Å². The van der Waals surface area contributed by atoms with Gasteiger partial charge in [-0.05, 0) is 63.0 Å². The Morgan fingerprint density at radius 3 is 2.71 bits per heavy atom. The average Bonchev–Trinajstić information content (AvgIpc) is 2.55. The van der Waals surface area contributed by atoms with Crippen LogP contribution in [0.1, 0.15) is 39.2 Å². The number of hydrogen-bond acceptors (Lipinski definition) is 4. The van der Waals surface area contributed by atoms with E-state index in [-0.39, 0.29) is 5.91 Å². The molecular weight excluding hydrogens is 324 g/mol. The maximum absolute atomic E-state index is 13.3.